The van der Waals surface area contributed by atoms with Crippen LogP contribution in [0.5, 0.6) is 0 Å². The van der Waals surface area contributed by atoms with Gasteiger partial charge >= 0.3 is 0 Å². The third-order valence-electron chi connectivity index (χ3n) is 6.41. The van der Waals surface area contributed by atoms with Gasteiger partial charge in [-0.25, -0.2) is 0 Å². The molecule has 0 bridgehead atoms. The van der Waals surface area contributed by atoms with E-state index in [4.69, 9.17) is 0 Å². The molecule has 3 rings (SSSR count). The third kappa shape index (κ3) is 5.97. The number of benzene rings is 2. The SMILES string of the molecule is CCCCCCCCCCCCCCn1c2ccccc2c2cc(C(C)=O)ccc21. The fourth-order valence-electron chi connectivity index (χ4n) is 4.62. The number of para-hydroxylation sites is 1. The maximum atomic E-state index is 11.8. The number of nitrogens with zero attached hydrogens (tertiary/aromatic N) is 1. The maximum absolute atomic E-state index is 11.8. The Hall–Kier alpha value is -2.09. The van der Waals surface area contributed by atoms with Crippen molar-refractivity contribution in [1.29, 1.82) is 0 Å². The molecule has 1 heterocycles. The van der Waals surface area contributed by atoms with Gasteiger partial charge in [0, 0.05) is 33.9 Å². The van der Waals surface area contributed by atoms with E-state index in [0.29, 0.717) is 0 Å². The van der Waals surface area contributed by atoms with Gasteiger partial charge in [-0.2, -0.15) is 0 Å². The Labute approximate surface area is 182 Å². The summed E-state index contributed by atoms with van der Waals surface area (Å²) in [5.74, 6) is 0.134. The number of carbonyl (C=O) groups excluding carboxylic acids is 1. The van der Waals surface area contributed by atoms with Gasteiger partial charge < -0.3 is 4.57 Å². The molecule has 0 saturated carbocycles. The van der Waals surface area contributed by atoms with Gasteiger partial charge in [0.2, 0.25) is 0 Å². The zero-order valence-electron chi connectivity index (χ0n) is 19.1. The van der Waals surface area contributed by atoms with E-state index in [2.05, 4.69) is 47.9 Å². The maximum Gasteiger partial charge on any atom is 0.159 e. The van der Waals surface area contributed by atoms with Crippen LogP contribution in [0.2, 0.25) is 0 Å². The second kappa shape index (κ2) is 11.9. The molecule has 0 aliphatic heterocycles. The van der Waals surface area contributed by atoms with Crippen LogP contribution >= 0.6 is 0 Å². The predicted octanol–water partition coefficient (Wildman–Crippen LogP) is 8.70. The zero-order chi connectivity index (χ0) is 21.2. The molecule has 0 atom stereocenters. The van der Waals surface area contributed by atoms with E-state index in [0.717, 1.165) is 12.1 Å². The summed E-state index contributed by atoms with van der Waals surface area (Å²) in [6, 6.07) is 14.8. The lowest BCUT2D eigenvalue weighted by atomic mass is 10.1. The number of Topliss-reactive ketones (excluding diaryl/α,β-unsaturated/α-hetero) is 1. The molecule has 0 amide bonds. The highest BCUT2D eigenvalue weighted by Crippen LogP contribution is 2.30. The highest BCUT2D eigenvalue weighted by atomic mass is 16.1. The van der Waals surface area contributed by atoms with Crippen LogP contribution in [-0.2, 0) is 6.54 Å². The highest BCUT2D eigenvalue weighted by molar-refractivity contribution is 6.10. The largest absolute Gasteiger partial charge is 0.340 e. The predicted molar refractivity (Wildman–Crippen MR) is 131 cm³/mol. The van der Waals surface area contributed by atoms with Crippen LogP contribution in [0, 0.1) is 0 Å². The number of aryl methyl sites for hydroxylation is 1. The van der Waals surface area contributed by atoms with Gasteiger partial charge in [-0.15, -0.1) is 0 Å². The van der Waals surface area contributed by atoms with Crippen LogP contribution in [-0.4, -0.2) is 10.4 Å². The van der Waals surface area contributed by atoms with Gasteiger partial charge in [-0.1, -0.05) is 95.8 Å². The van der Waals surface area contributed by atoms with E-state index >= 15 is 0 Å². The zero-order valence-corrected chi connectivity index (χ0v) is 19.1. The van der Waals surface area contributed by atoms with Crippen molar-refractivity contribution in [3.05, 3.63) is 48.0 Å². The summed E-state index contributed by atoms with van der Waals surface area (Å²) in [4.78, 5) is 11.8. The second-order valence-corrected chi connectivity index (χ2v) is 8.85. The molecule has 162 valence electrons. The molecule has 0 saturated heterocycles. The first-order chi connectivity index (χ1) is 14.7. The Kier molecular flexibility index (Phi) is 8.99. The number of unbranched alkanes of at least 4 members (excludes halogenated alkanes) is 11. The summed E-state index contributed by atoms with van der Waals surface area (Å²) in [5.41, 5.74) is 3.34. The van der Waals surface area contributed by atoms with Gasteiger partial charge in [0.25, 0.3) is 0 Å². The molecule has 0 aliphatic rings. The smallest absolute Gasteiger partial charge is 0.159 e. The van der Waals surface area contributed by atoms with E-state index in [1.54, 1.807) is 6.92 Å². The molecule has 0 unspecified atom stereocenters. The van der Waals surface area contributed by atoms with E-state index in [1.165, 1.54) is 98.9 Å². The van der Waals surface area contributed by atoms with Crippen molar-refractivity contribution in [2.45, 2.75) is 97.4 Å². The fraction of sp³-hybridized carbons (Fsp3) is 0.536. The van der Waals surface area contributed by atoms with Crippen LogP contribution in [0.15, 0.2) is 42.5 Å². The molecule has 30 heavy (non-hydrogen) atoms. The first kappa shape index (κ1) is 22.6. The van der Waals surface area contributed by atoms with Crippen LogP contribution in [0.1, 0.15) is 101 Å². The van der Waals surface area contributed by atoms with Gasteiger partial charge in [0.1, 0.15) is 0 Å². The lowest BCUT2D eigenvalue weighted by Gasteiger charge is -2.08. The van der Waals surface area contributed by atoms with Crippen molar-refractivity contribution in [2.24, 2.45) is 0 Å². The normalized spacial score (nSPS) is 11.5. The molecular formula is C28H39NO. The van der Waals surface area contributed by atoms with Crippen LogP contribution < -0.4 is 0 Å². The molecule has 1 aromatic heterocycles. The Morgan fingerprint density at radius 3 is 1.90 bits per heavy atom. The van der Waals surface area contributed by atoms with Gasteiger partial charge in [0.15, 0.2) is 5.78 Å². The Bertz CT molecular complexity index is 936. The van der Waals surface area contributed by atoms with E-state index < -0.39 is 0 Å². The number of aromatic nitrogens is 1. The third-order valence-corrected chi connectivity index (χ3v) is 6.41. The summed E-state index contributed by atoms with van der Waals surface area (Å²) in [5, 5.41) is 2.46. The molecule has 2 aromatic carbocycles. The molecule has 0 aliphatic carbocycles. The Morgan fingerprint density at radius 2 is 1.27 bits per heavy atom. The molecular weight excluding hydrogens is 366 g/mol. The van der Waals surface area contributed by atoms with E-state index in [-0.39, 0.29) is 5.78 Å². The quantitative estimate of drug-likeness (QED) is 0.194. The molecule has 0 fully saturated rings. The average molecular weight is 406 g/mol. The van der Waals surface area contributed by atoms with Crippen molar-refractivity contribution in [3.8, 4) is 0 Å². The monoisotopic (exact) mass is 405 g/mol. The molecule has 3 aromatic rings. The summed E-state index contributed by atoms with van der Waals surface area (Å²) < 4.78 is 2.45. The summed E-state index contributed by atoms with van der Waals surface area (Å²) in [7, 11) is 0. The first-order valence-electron chi connectivity index (χ1n) is 12.2. The van der Waals surface area contributed by atoms with Crippen LogP contribution in [0.3, 0.4) is 0 Å². The lowest BCUT2D eigenvalue weighted by Crippen LogP contribution is -1.98. The average Bonchev–Trinajstić information content (AvgIpc) is 3.07. The van der Waals surface area contributed by atoms with E-state index in [9.17, 15) is 4.79 Å². The first-order valence-corrected chi connectivity index (χ1v) is 12.2. The minimum atomic E-state index is 0.134. The number of ketones is 1. The van der Waals surface area contributed by atoms with Crippen molar-refractivity contribution in [3.63, 3.8) is 0 Å². The minimum absolute atomic E-state index is 0.134. The van der Waals surface area contributed by atoms with Gasteiger partial charge in [0.05, 0.1) is 0 Å². The van der Waals surface area contributed by atoms with Crippen molar-refractivity contribution in [1.82, 2.24) is 4.57 Å². The summed E-state index contributed by atoms with van der Waals surface area (Å²) in [6.07, 6.45) is 16.5. The molecule has 0 radical (unpaired) electrons. The number of carbonyl (C=O) groups is 1. The van der Waals surface area contributed by atoms with Gasteiger partial charge in [-0.05, 0) is 37.6 Å². The van der Waals surface area contributed by atoms with Crippen molar-refractivity contribution >= 4 is 27.6 Å². The standard InChI is InChI=1S/C28H39NO/c1-3-4-5-6-7-8-9-10-11-12-13-16-21-29-27-18-15-14-17-25(27)26-22-24(23(2)30)19-20-28(26)29/h14-15,17-20,22H,3-13,16,21H2,1-2H3. The minimum Gasteiger partial charge on any atom is -0.340 e. The highest BCUT2D eigenvalue weighted by Gasteiger charge is 2.11. The van der Waals surface area contributed by atoms with Gasteiger partial charge in [-0.3, -0.25) is 4.79 Å². The number of fused-ring (bicyclic) bond motifs is 3. The van der Waals surface area contributed by atoms with Crippen LogP contribution in [0.4, 0.5) is 0 Å². The Balaban J connectivity index is 1.46. The molecule has 2 nitrogen and oxygen atoms in total. The lowest BCUT2D eigenvalue weighted by molar-refractivity contribution is 0.101. The van der Waals surface area contributed by atoms with Crippen molar-refractivity contribution < 1.29 is 4.79 Å². The number of hydrogen-bond donors (Lipinski definition) is 0. The second-order valence-electron chi connectivity index (χ2n) is 8.85. The molecule has 0 spiro atoms. The number of hydrogen-bond acceptors (Lipinski definition) is 1. The summed E-state index contributed by atoms with van der Waals surface area (Å²) in [6.45, 7) is 4.99. The Morgan fingerprint density at radius 1 is 0.700 bits per heavy atom. The number of rotatable bonds is 14. The fourth-order valence-corrected chi connectivity index (χ4v) is 4.62. The van der Waals surface area contributed by atoms with E-state index in [1.807, 2.05) is 6.07 Å². The summed E-state index contributed by atoms with van der Waals surface area (Å²) >= 11 is 0. The molecule has 2 heteroatoms. The molecule has 0 N–H and O–H groups in total. The van der Waals surface area contributed by atoms with Crippen LogP contribution in [0.25, 0.3) is 21.8 Å². The topological polar surface area (TPSA) is 22.0 Å². The van der Waals surface area contributed by atoms with Crippen molar-refractivity contribution in [2.75, 3.05) is 0 Å².